The van der Waals surface area contributed by atoms with Gasteiger partial charge in [-0.25, -0.2) is 4.98 Å². The van der Waals surface area contributed by atoms with Crippen molar-refractivity contribution >= 4 is 17.2 Å². The summed E-state index contributed by atoms with van der Waals surface area (Å²) in [6.45, 7) is 4.26. The van der Waals surface area contributed by atoms with E-state index in [1.165, 1.54) is 11.3 Å². The van der Waals surface area contributed by atoms with Crippen molar-refractivity contribution in [3.63, 3.8) is 0 Å². The van der Waals surface area contributed by atoms with Gasteiger partial charge in [0.2, 0.25) is 0 Å². The average Bonchev–Trinajstić information content (AvgIpc) is 2.59. The Morgan fingerprint density at radius 2 is 2.50 bits per heavy atom. The highest BCUT2D eigenvalue weighted by atomic mass is 32.1. The Balaban J connectivity index is 2.38. The van der Waals surface area contributed by atoms with Crippen molar-refractivity contribution in [3.8, 4) is 11.8 Å². The summed E-state index contributed by atoms with van der Waals surface area (Å²) in [7, 11) is 0. The van der Waals surface area contributed by atoms with Crippen LogP contribution in [0.3, 0.4) is 0 Å². The topological polar surface area (TPSA) is 42.0 Å². The molecular weight excluding hydrogens is 196 g/mol. The van der Waals surface area contributed by atoms with Crippen molar-refractivity contribution in [2.24, 2.45) is 0 Å². The third-order valence-electron chi connectivity index (χ3n) is 1.56. The molecule has 1 aromatic rings. The molecule has 0 atom stereocenters. The van der Waals surface area contributed by atoms with Gasteiger partial charge in [0.05, 0.1) is 11.2 Å². The van der Waals surface area contributed by atoms with Crippen LogP contribution in [0.5, 0.6) is 0 Å². The van der Waals surface area contributed by atoms with E-state index in [1.54, 1.807) is 13.1 Å². The highest BCUT2D eigenvalue weighted by Gasteiger charge is 2.06. The Kier molecular flexibility index (Phi) is 4.14. The Hall–Kier alpha value is -1.34. The van der Waals surface area contributed by atoms with Gasteiger partial charge in [0.1, 0.15) is 4.88 Å². The fourth-order valence-corrected chi connectivity index (χ4v) is 1.61. The number of hydrogen-bond donors (Lipinski definition) is 1. The molecule has 0 saturated heterocycles. The molecule has 1 heterocycles. The Bertz CT molecular complexity index is 373. The molecule has 1 rings (SSSR count). The summed E-state index contributed by atoms with van der Waals surface area (Å²) in [5.74, 6) is 5.60. The monoisotopic (exact) mass is 208 g/mol. The number of aryl methyl sites for hydroxylation is 1. The van der Waals surface area contributed by atoms with Gasteiger partial charge in [0.25, 0.3) is 5.91 Å². The largest absolute Gasteiger partial charge is 0.350 e. The van der Waals surface area contributed by atoms with E-state index < -0.39 is 0 Å². The van der Waals surface area contributed by atoms with Crippen LogP contribution in [0.25, 0.3) is 0 Å². The normalized spacial score (nSPS) is 9.00. The van der Waals surface area contributed by atoms with Crippen molar-refractivity contribution in [3.05, 3.63) is 16.1 Å². The molecule has 0 aromatic carbocycles. The van der Waals surface area contributed by atoms with E-state index >= 15 is 0 Å². The number of carbonyl (C=O) groups is 1. The van der Waals surface area contributed by atoms with E-state index in [1.807, 2.05) is 6.92 Å². The zero-order valence-corrected chi connectivity index (χ0v) is 9.07. The lowest BCUT2D eigenvalue weighted by molar-refractivity contribution is 0.0958. The third-order valence-corrected chi connectivity index (χ3v) is 2.47. The van der Waals surface area contributed by atoms with Crippen molar-refractivity contribution in [2.75, 3.05) is 6.54 Å². The third kappa shape index (κ3) is 3.19. The first-order chi connectivity index (χ1) is 6.74. The minimum atomic E-state index is -0.0616. The molecule has 3 nitrogen and oxygen atoms in total. The smallest absolute Gasteiger partial charge is 0.263 e. The first-order valence-corrected chi connectivity index (χ1v) is 5.16. The molecule has 0 saturated carbocycles. The van der Waals surface area contributed by atoms with Gasteiger partial charge in [0, 0.05) is 13.0 Å². The van der Waals surface area contributed by atoms with Crippen LogP contribution in [-0.2, 0) is 0 Å². The maximum Gasteiger partial charge on any atom is 0.263 e. The molecule has 0 unspecified atom stereocenters. The number of rotatable bonds is 3. The van der Waals surface area contributed by atoms with Crippen molar-refractivity contribution in [1.82, 2.24) is 10.3 Å². The van der Waals surface area contributed by atoms with Crippen LogP contribution in [-0.4, -0.2) is 17.4 Å². The Morgan fingerprint density at radius 3 is 3.07 bits per heavy atom. The predicted octanol–water partition coefficient (Wildman–Crippen LogP) is 1.59. The second-order valence-corrected chi connectivity index (χ2v) is 3.91. The molecule has 0 fully saturated rings. The van der Waals surface area contributed by atoms with E-state index in [0.717, 1.165) is 5.01 Å². The van der Waals surface area contributed by atoms with Gasteiger partial charge >= 0.3 is 0 Å². The summed E-state index contributed by atoms with van der Waals surface area (Å²) in [6, 6.07) is 0. The van der Waals surface area contributed by atoms with E-state index in [4.69, 9.17) is 0 Å². The molecule has 14 heavy (non-hydrogen) atoms. The van der Waals surface area contributed by atoms with Crippen LogP contribution in [0.15, 0.2) is 6.20 Å². The molecule has 0 aliphatic carbocycles. The van der Waals surface area contributed by atoms with E-state index in [0.29, 0.717) is 17.8 Å². The maximum atomic E-state index is 11.4. The first kappa shape index (κ1) is 10.7. The number of nitrogens with one attached hydrogen (secondary N) is 1. The van der Waals surface area contributed by atoms with Crippen LogP contribution in [0.2, 0.25) is 0 Å². The fourth-order valence-electron chi connectivity index (χ4n) is 0.917. The van der Waals surface area contributed by atoms with E-state index in [2.05, 4.69) is 22.1 Å². The zero-order chi connectivity index (χ0) is 10.4. The van der Waals surface area contributed by atoms with Gasteiger partial charge in [0.15, 0.2) is 0 Å². The van der Waals surface area contributed by atoms with E-state index in [-0.39, 0.29) is 5.91 Å². The second-order valence-electron chi connectivity index (χ2n) is 2.68. The SMILES string of the molecule is CC#CCCNC(=O)c1cnc(C)s1. The lowest BCUT2D eigenvalue weighted by atomic mass is 10.4. The molecule has 4 heteroatoms. The lowest BCUT2D eigenvalue weighted by Gasteiger charge is -1.98. The molecule has 0 spiro atoms. The highest BCUT2D eigenvalue weighted by molar-refractivity contribution is 7.13. The second kappa shape index (κ2) is 5.40. The van der Waals surface area contributed by atoms with Crippen molar-refractivity contribution < 1.29 is 4.79 Å². The van der Waals surface area contributed by atoms with Gasteiger partial charge in [-0.15, -0.1) is 23.2 Å². The number of hydrogen-bond acceptors (Lipinski definition) is 3. The van der Waals surface area contributed by atoms with Gasteiger partial charge in [-0.1, -0.05) is 0 Å². The van der Waals surface area contributed by atoms with Crippen LogP contribution in [0.1, 0.15) is 28.0 Å². The van der Waals surface area contributed by atoms with Gasteiger partial charge in [-0.05, 0) is 13.8 Å². The number of thiazole rings is 1. The molecular formula is C10H12N2OS. The molecule has 0 aliphatic heterocycles. The minimum Gasteiger partial charge on any atom is -0.350 e. The number of carbonyl (C=O) groups excluding carboxylic acids is 1. The predicted molar refractivity (Wildman–Crippen MR) is 57.3 cm³/mol. The number of amides is 1. The van der Waals surface area contributed by atoms with Crippen LogP contribution < -0.4 is 5.32 Å². The van der Waals surface area contributed by atoms with E-state index in [9.17, 15) is 4.79 Å². The zero-order valence-electron chi connectivity index (χ0n) is 8.26. The summed E-state index contributed by atoms with van der Waals surface area (Å²) in [5.41, 5.74) is 0. The van der Waals surface area contributed by atoms with Gasteiger partial charge in [-0.2, -0.15) is 0 Å². The van der Waals surface area contributed by atoms with Gasteiger partial charge < -0.3 is 5.32 Å². The Labute approximate surface area is 87.6 Å². The fraction of sp³-hybridized carbons (Fsp3) is 0.400. The highest BCUT2D eigenvalue weighted by Crippen LogP contribution is 2.10. The average molecular weight is 208 g/mol. The molecule has 1 amide bonds. The van der Waals surface area contributed by atoms with Gasteiger partial charge in [-0.3, -0.25) is 4.79 Å². The van der Waals surface area contributed by atoms with Crippen LogP contribution >= 0.6 is 11.3 Å². The molecule has 74 valence electrons. The van der Waals surface area contributed by atoms with Crippen LogP contribution in [0, 0.1) is 18.8 Å². The standard InChI is InChI=1S/C10H12N2OS/c1-3-4-5-6-11-10(13)9-7-12-8(2)14-9/h7H,5-6H2,1-2H3,(H,11,13). The molecule has 1 N–H and O–H groups in total. The van der Waals surface area contributed by atoms with Crippen molar-refractivity contribution in [2.45, 2.75) is 20.3 Å². The number of aromatic nitrogens is 1. The summed E-state index contributed by atoms with van der Waals surface area (Å²) in [4.78, 5) is 16.1. The molecule has 0 radical (unpaired) electrons. The molecule has 0 bridgehead atoms. The summed E-state index contributed by atoms with van der Waals surface area (Å²) in [5, 5.41) is 3.68. The maximum absolute atomic E-state index is 11.4. The molecule has 0 aliphatic rings. The first-order valence-electron chi connectivity index (χ1n) is 4.34. The summed E-state index contributed by atoms with van der Waals surface area (Å²) < 4.78 is 0. The Morgan fingerprint density at radius 1 is 1.71 bits per heavy atom. The van der Waals surface area contributed by atoms with Crippen molar-refractivity contribution in [1.29, 1.82) is 0 Å². The lowest BCUT2D eigenvalue weighted by Crippen LogP contribution is -2.23. The summed E-state index contributed by atoms with van der Waals surface area (Å²) >= 11 is 1.40. The number of nitrogens with zero attached hydrogens (tertiary/aromatic N) is 1. The molecule has 1 aromatic heterocycles. The minimum absolute atomic E-state index is 0.0616. The summed E-state index contributed by atoms with van der Waals surface area (Å²) in [6.07, 6.45) is 2.29. The quantitative estimate of drug-likeness (QED) is 0.605. The van der Waals surface area contributed by atoms with Crippen LogP contribution in [0.4, 0.5) is 0 Å².